The molecule has 0 atom stereocenters. The fourth-order valence-electron chi connectivity index (χ4n) is 3.45. The number of para-hydroxylation sites is 1. The number of carbonyl (C=O) groups excluding carboxylic acids is 1. The van der Waals surface area contributed by atoms with Crippen LogP contribution in [-0.4, -0.2) is 34.3 Å². The van der Waals surface area contributed by atoms with Gasteiger partial charge in [-0.05, 0) is 50.5 Å². The summed E-state index contributed by atoms with van der Waals surface area (Å²) < 4.78 is 7.10. The van der Waals surface area contributed by atoms with Crippen molar-refractivity contribution in [2.24, 2.45) is 0 Å². The lowest BCUT2D eigenvalue weighted by atomic mass is 10.1. The maximum atomic E-state index is 13.1. The van der Waals surface area contributed by atoms with Gasteiger partial charge in [-0.25, -0.2) is 9.67 Å². The first-order valence-corrected chi connectivity index (χ1v) is 11.5. The van der Waals surface area contributed by atoms with Gasteiger partial charge in [-0.15, -0.1) is 11.3 Å². The summed E-state index contributed by atoms with van der Waals surface area (Å²) in [5, 5.41) is 11.0. The molecule has 0 saturated heterocycles. The number of aromatic nitrogens is 3. The van der Waals surface area contributed by atoms with Crippen molar-refractivity contribution in [3.8, 4) is 22.7 Å². The van der Waals surface area contributed by atoms with Crippen LogP contribution in [0.1, 0.15) is 33.9 Å². The van der Waals surface area contributed by atoms with E-state index in [0.29, 0.717) is 17.8 Å². The van der Waals surface area contributed by atoms with Crippen LogP contribution >= 0.6 is 11.3 Å². The number of benzene rings is 2. The van der Waals surface area contributed by atoms with Gasteiger partial charge in [-0.3, -0.25) is 4.79 Å². The van der Waals surface area contributed by atoms with Crippen LogP contribution < -0.4 is 10.1 Å². The van der Waals surface area contributed by atoms with Crippen LogP contribution in [0.15, 0.2) is 66.2 Å². The van der Waals surface area contributed by atoms with E-state index in [1.165, 1.54) is 0 Å². The van der Waals surface area contributed by atoms with Gasteiger partial charge in [0.25, 0.3) is 5.91 Å². The third kappa shape index (κ3) is 5.23. The van der Waals surface area contributed by atoms with Crippen molar-refractivity contribution >= 4 is 17.2 Å². The first-order chi connectivity index (χ1) is 15.6. The molecule has 2 aromatic heterocycles. The lowest BCUT2D eigenvalue weighted by Gasteiger charge is -2.06. The zero-order chi connectivity index (χ0) is 22.3. The Bertz CT molecular complexity index is 1180. The van der Waals surface area contributed by atoms with Crippen molar-refractivity contribution in [2.45, 2.75) is 26.2 Å². The molecule has 4 rings (SSSR count). The SMILES string of the molecule is COc1cccc(-c2nn(-c3ccccc3)cc2C(=O)NCCCCc2nc(C)cs2)c1. The number of hydrogen-bond donors (Lipinski definition) is 1. The van der Waals surface area contributed by atoms with Crippen LogP contribution in [0.4, 0.5) is 0 Å². The van der Waals surface area contributed by atoms with Crippen LogP contribution in [0.2, 0.25) is 0 Å². The minimum atomic E-state index is -0.130. The Kier molecular flexibility index (Phi) is 6.97. The van der Waals surface area contributed by atoms with Crippen molar-refractivity contribution in [3.63, 3.8) is 0 Å². The van der Waals surface area contributed by atoms with E-state index in [0.717, 1.165) is 47.0 Å². The number of aryl methyl sites for hydroxylation is 2. The number of nitrogens with one attached hydrogen (secondary N) is 1. The second kappa shape index (κ2) is 10.2. The molecular formula is C25H26N4O2S. The molecule has 1 N–H and O–H groups in total. The monoisotopic (exact) mass is 446 g/mol. The van der Waals surface area contributed by atoms with E-state index in [9.17, 15) is 4.79 Å². The molecule has 0 bridgehead atoms. The smallest absolute Gasteiger partial charge is 0.255 e. The Balaban J connectivity index is 1.49. The summed E-state index contributed by atoms with van der Waals surface area (Å²) in [6, 6.07) is 17.4. The van der Waals surface area contributed by atoms with E-state index in [1.54, 1.807) is 29.3 Å². The van der Waals surface area contributed by atoms with Crippen molar-refractivity contribution in [3.05, 3.63) is 82.4 Å². The Morgan fingerprint density at radius 2 is 1.97 bits per heavy atom. The summed E-state index contributed by atoms with van der Waals surface area (Å²) in [5.41, 5.74) is 3.97. The van der Waals surface area contributed by atoms with E-state index < -0.39 is 0 Å². The molecule has 0 spiro atoms. The van der Waals surface area contributed by atoms with Crippen LogP contribution in [0.25, 0.3) is 16.9 Å². The molecule has 0 aliphatic rings. The van der Waals surface area contributed by atoms with Gasteiger partial charge in [0, 0.05) is 29.4 Å². The van der Waals surface area contributed by atoms with Gasteiger partial charge in [0.05, 0.1) is 23.4 Å². The fraction of sp³-hybridized carbons (Fsp3) is 0.240. The predicted octanol–water partition coefficient (Wildman–Crippen LogP) is 5.07. The lowest BCUT2D eigenvalue weighted by molar-refractivity contribution is 0.0953. The Labute approximate surface area is 191 Å². The van der Waals surface area contributed by atoms with Crippen molar-refractivity contribution in [1.82, 2.24) is 20.1 Å². The zero-order valence-corrected chi connectivity index (χ0v) is 19.1. The quantitative estimate of drug-likeness (QED) is 0.365. The average molecular weight is 447 g/mol. The van der Waals surface area contributed by atoms with Crippen molar-refractivity contribution in [2.75, 3.05) is 13.7 Å². The molecule has 2 heterocycles. The van der Waals surface area contributed by atoms with E-state index in [1.807, 2.05) is 61.5 Å². The number of ether oxygens (including phenoxy) is 1. The molecule has 4 aromatic rings. The summed E-state index contributed by atoms with van der Waals surface area (Å²) in [5.74, 6) is 0.593. The molecule has 0 fully saturated rings. The Morgan fingerprint density at radius 3 is 2.72 bits per heavy atom. The van der Waals surface area contributed by atoms with Gasteiger partial charge in [0.1, 0.15) is 11.4 Å². The average Bonchev–Trinajstić information content (AvgIpc) is 3.46. The topological polar surface area (TPSA) is 69.0 Å². The van der Waals surface area contributed by atoms with E-state index >= 15 is 0 Å². The molecule has 0 aliphatic carbocycles. The van der Waals surface area contributed by atoms with Gasteiger partial charge in [-0.2, -0.15) is 5.10 Å². The first-order valence-electron chi connectivity index (χ1n) is 10.6. The second-order valence-electron chi connectivity index (χ2n) is 7.50. The third-order valence-corrected chi connectivity index (χ3v) is 6.12. The van der Waals surface area contributed by atoms with Crippen LogP contribution in [0.3, 0.4) is 0 Å². The molecule has 164 valence electrons. The highest BCUT2D eigenvalue weighted by molar-refractivity contribution is 7.09. The van der Waals surface area contributed by atoms with Gasteiger partial charge in [0.2, 0.25) is 0 Å². The highest BCUT2D eigenvalue weighted by atomic mass is 32.1. The maximum absolute atomic E-state index is 13.1. The minimum absolute atomic E-state index is 0.130. The highest BCUT2D eigenvalue weighted by Crippen LogP contribution is 2.27. The van der Waals surface area contributed by atoms with Crippen LogP contribution in [0.5, 0.6) is 5.75 Å². The molecule has 1 amide bonds. The van der Waals surface area contributed by atoms with Gasteiger partial charge in [0.15, 0.2) is 0 Å². The normalized spacial score (nSPS) is 10.8. The predicted molar refractivity (Wildman–Crippen MR) is 128 cm³/mol. The third-order valence-electron chi connectivity index (χ3n) is 5.09. The highest BCUT2D eigenvalue weighted by Gasteiger charge is 2.19. The number of nitrogens with zero attached hydrogens (tertiary/aromatic N) is 3. The Morgan fingerprint density at radius 1 is 1.12 bits per heavy atom. The van der Waals surface area contributed by atoms with Crippen LogP contribution in [-0.2, 0) is 6.42 Å². The number of unbranched alkanes of at least 4 members (excludes halogenated alkanes) is 1. The molecule has 7 heteroatoms. The van der Waals surface area contributed by atoms with Crippen molar-refractivity contribution < 1.29 is 9.53 Å². The minimum Gasteiger partial charge on any atom is -0.497 e. The first kappa shape index (κ1) is 21.8. The summed E-state index contributed by atoms with van der Waals surface area (Å²) in [6.07, 6.45) is 4.61. The summed E-state index contributed by atoms with van der Waals surface area (Å²) in [7, 11) is 1.63. The fourth-order valence-corrected chi connectivity index (χ4v) is 4.27. The number of carbonyl (C=O) groups is 1. The Hall–Kier alpha value is -3.45. The molecular weight excluding hydrogens is 420 g/mol. The molecule has 0 aliphatic heterocycles. The maximum Gasteiger partial charge on any atom is 0.255 e. The van der Waals surface area contributed by atoms with Crippen LogP contribution in [0, 0.1) is 6.92 Å². The van der Waals surface area contributed by atoms with E-state index in [2.05, 4.69) is 15.7 Å². The number of thiazole rings is 1. The molecule has 0 unspecified atom stereocenters. The second-order valence-corrected chi connectivity index (χ2v) is 8.44. The summed E-state index contributed by atoms with van der Waals surface area (Å²) in [6.45, 7) is 2.62. The van der Waals surface area contributed by atoms with E-state index in [-0.39, 0.29) is 5.91 Å². The van der Waals surface area contributed by atoms with Gasteiger partial charge < -0.3 is 10.1 Å². The van der Waals surface area contributed by atoms with E-state index in [4.69, 9.17) is 9.84 Å². The number of amides is 1. The van der Waals surface area contributed by atoms with Crippen molar-refractivity contribution in [1.29, 1.82) is 0 Å². The molecule has 0 saturated carbocycles. The number of methoxy groups -OCH3 is 1. The summed E-state index contributed by atoms with van der Waals surface area (Å²) in [4.78, 5) is 17.6. The summed E-state index contributed by atoms with van der Waals surface area (Å²) >= 11 is 1.69. The number of hydrogen-bond acceptors (Lipinski definition) is 5. The number of rotatable bonds is 9. The molecule has 2 aromatic carbocycles. The lowest BCUT2D eigenvalue weighted by Crippen LogP contribution is -2.24. The standard InChI is InChI=1S/C25H26N4O2S/c1-18-17-32-23(27-18)13-6-7-14-26-25(30)22-16-29(20-10-4-3-5-11-20)28-24(22)19-9-8-12-21(15-19)31-2/h3-5,8-12,15-17H,6-7,13-14H2,1-2H3,(H,26,30). The molecule has 6 nitrogen and oxygen atoms in total. The van der Waals surface area contributed by atoms with Gasteiger partial charge >= 0.3 is 0 Å². The van der Waals surface area contributed by atoms with Gasteiger partial charge in [-0.1, -0.05) is 30.3 Å². The molecule has 0 radical (unpaired) electrons. The largest absolute Gasteiger partial charge is 0.497 e. The molecule has 32 heavy (non-hydrogen) atoms. The zero-order valence-electron chi connectivity index (χ0n) is 18.2.